The first-order chi connectivity index (χ1) is 35.2. The molecule has 0 atom stereocenters. The standard InChI is InChI=1S/C69H58N4/c1-65(2)54-40-24-22-36-49(54)51-38-26-42-56(58(51)65)72(47-32-18-12-19-33-47)63-53(44-70)62(71-9)64(61-60(63)67(5,6)69(68(61,7)8,45-28-14-10-15-29-45)46-30-16-11-17-31-46)73(48-34-20-13-21-35-48)57-43-27-39-52-50-37-23-25-41-55(50)66(3,4)59(52)57/h10-43H,1-8H3. The fraction of sp³-hybridized carbons (Fsp3) is 0.188. The van der Waals surface area contributed by atoms with Crippen LogP contribution in [0.4, 0.5) is 39.8 Å². The van der Waals surface area contributed by atoms with E-state index in [1.165, 1.54) is 55.6 Å². The Hall–Kier alpha value is -8.44. The van der Waals surface area contributed by atoms with Crippen molar-refractivity contribution in [1.82, 2.24) is 0 Å². The average Bonchev–Trinajstić information content (AvgIpc) is 3.89. The molecule has 4 heteroatoms. The number of nitriles is 1. The van der Waals surface area contributed by atoms with Crippen LogP contribution in [-0.2, 0) is 27.1 Å². The molecule has 0 bridgehead atoms. The monoisotopic (exact) mass is 942 g/mol. The fourth-order valence-corrected chi connectivity index (χ4v) is 14.7. The molecule has 0 fully saturated rings. The van der Waals surface area contributed by atoms with E-state index in [0.29, 0.717) is 11.3 Å². The molecule has 0 unspecified atom stereocenters. The molecule has 9 aromatic rings. The summed E-state index contributed by atoms with van der Waals surface area (Å²) in [4.78, 5) is 9.41. The maximum Gasteiger partial charge on any atom is 0.230 e. The molecule has 73 heavy (non-hydrogen) atoms. The van der Waals surface area contributed by atoms with Gasteiger partial charge in [0.05, 0.1) is 35.3 Å². The molecule has 4 nitrogen and oxygen atoms in total. The maximum atomic E-state index is 12.4. The minimum atomic E-state index is -0.759. The van der Waals surface area contributed by atoms with Gasteiger partial charge in [0.1, 0.15) is 0 Å². The van der Waals surface area contributed by atoms with Crippen LogP contribution in [0.3, 0.4) is 0 Å². The summed E-state index contributed by atoms with van der Waals surface area (Å²) in [5.74, 6) is 0. The first-order valence-electron chi connectivity index (χ1n) is 25.5. The lowest BCUT2D eigenvalue weighted by molar-refractivity contribution is 0.226. The van der Waals surface area contributed by atoms with E-state index in [1.54, 1.807) is 0 Å². The van der Waals surface area contributed by atoms with Crippen LogP contribution >= 0.6 is 0 Å². The molecule has 0 radical (unpaired) electrons. The van der Waals surface area contributed by atoms with Crippen LogP contribution in [0.15, 0.2) is 206 Å². The zero-order valence-electron chi connectivity index (χ0n) is 42.9. The van der Waals surface area contributed by atoms with Gasteiger partial charge in [-0.05, 0) is 103 Å². The third-order valence-corrected chi connectivity index (χ3v) is 17.3. The normalized spacial score (nSPS) is 16.2. The zero-order valence-corrected chi connectivity index (χ0v) is 42.9. The molecule has 3 aliphatic carbocycles. The number of para-hydroxylation sites is 2. The molecule has 354 valence electrons. The van der Waals surface area contributed by atoms with Gasteiger partial charge in [-0.1, -0.05) is 225 Å². The Morgan fingerprint density at radius 2 is 0.753 bits per heavy atom. The highest BCUT2D eigenvalue weighted by Crippen LogP contribution is 2.72. The van der Waals surface area contributed by atoms with E-state index in [-0.39, 0.29) is 0 Å². The highest BCUT2D eigenvalue weighted by Gasteiger charge is 2.67. The first kappa shape index (κ1) is 45.7. The van der Waals surface area contributed by atoms with Crippen LogP contribution < -0.4 is 9.80 Å². The summed E-state index contributed by atoms with van der Waals surface area (Å²) in [5, 5.41) is 12.4. The van der Waals surface area contributed by atoms with Crippen molar-refractivity contribution >= 4 is 39.8 Å². The topological polar surface area (TPSA) is 34.6 Å². The first-order valence-corrected chi connectivity index (χ1v) is 25.5. The highest BCUT2D eigenvalue weighted by atomic mass is 15.2. The predicted octanol–water partition coefficient (Wildman–Crippen LogP) is 18.2. The maximum absolute atomic E-state index is 12.4. The molecular formula is C69H58N4. The molecule has 0 aromatic heterocycles. The second-order valence-corrected chi connectivity index (χ2v) is 22.2. The number of fused-ring (bicyclic) bond motifs is 7. The molecule has 0 aliphatic heterocycles. The summed E-state index contributed by atoms with van der Waals surface area (Å²) in [5.41, 5.74) is 17.0. The molecular weight excluding hydrogens is 885 g/mol. The van der Waals surface area contributed by atoms with Gasteiger partial charge in [-0.25, -0.2) is 4.85 Å². The number of nitrogens with zero attached hydrogens (tertiary/aromatic N) is 4. The van der Waals surface area contributed by atoms with E-state index in [9.17, 15) is 11.8 Å². The third-order valence-electron chi connectivity index (χ3n) is 17.3. The van der Waals surface area contributed by atoms with Crippen molar-refractivity contribution < 1.29 is 0 Å². The van der Waals surface area contributed by atoms with Gasteiger partial charge in [0, 0.05) is 44.1 Å². The largest absolute Gasteiger partial charge is 0.320 e. The van der Waals surface area contributed by atoms with Gasteiger partial charge in [-0.2, -0.15) is 5.26 Å². The Kier molecular flexibility index (Phi) is 10.2. The van der Waals surface area contributed by atoms with E-state index in [1.807, 2.05) is 0 Å². The summed E-state index contributed by atoms with van der Waals surface area (Å²) in [7, 11) is 0. The van der Waals surface area contributed by atoms with Crippen molar-refractivity contribution in [2.75, 3.05) is 9.80 Å². The molecule has 0 saturated heterocycles. The summed E-state index contributed by atoms with van der Waals surface area (Å²) >= 11 is 0. The molecule has 12 rings (SSSR count). The summed E-state index contributed by atoms with van der Waals surface area (Å²) in [6.45, 7) is 28.6. The molecule has 0 spiro atoms. The van der Waals surface area contributed by atoms with Gasteiger partial charge < -0.3 is 9.80 Å². The second-order valence-electron chi connectivity index (χ2n) is 22.2. The van der Waals surface area contributed by atoms with Gasteiger partial charge in [0.15, 0.2) is 0 Å². The van der Waals surface area contributed by atoms with Crippen LogP contribution in [-0.4, -0.2) is 0 Å². The van der Waals surface area contributed by atoms with E-state index in [4.69, 9.17) is 0 Å². The predicted molar refractivity (Wildman–Crippen MR) is 302 cm³/mol. The van der Waals surface area contributed by atoms with Crippen LogP contribution in [0.2, 0.25) is 0 Å². The highest BCUT2D eigenvalue weighted by molar-refractivity contribution is 6.03. The number of hydrogen-bond acceptors (Lipinski definition) is 3. The SMILES string of the molecule is [C-]#[N+]c1c(C#N)c(N(c2ccccc2)c2cccc3c2C(C)(C)c2ccccc2-3)c2c(c1N(c1ccccc1)c1cccc3c1C(C)(C)c1ccccc1-3)C(C)(C)C(c1ccccc1)(c1ccccc1)C2(C)C. The lowest BCUT2D eigenvalue weighted by atomic mass is 9.50. The number of rotatable bonds is 8. The average molecular weight is 943 g/mol. The number of anilines is 6. The molecule has 0 N–H and O–H groups in total. The summed E-state index contributed by atoms with van der Waals surface area (Å²) in [6, 6.07) is 76.8. The van der Waals surface area contributed by atoms with E-state index in [2.05, 4.69) is 282 Å². The van der Waals surface area contributed by atoms with E-state index in [0.717, 1.165) is 45.3 Å². The van der Waals surface area contributed by atoms with Gasteiger partial charge in [0.25, 0.3) is 0 Å². The van der Waals surface area contributed by atoms with Crippen LogP contribution in [0.5, 0.6) is 0 Å². The Balaban J connectivity index is 1.31. The van der Waals surface area contributed by atoms with E-state index >= 15 is 0 Å². The minimum absolute atomic E-state index is 0.322. The lowest BCUT2D eigenvalue weighted by Gasteiger charge is -2.51. The Morgan fingerprint density at radius 3 is 1.16 bits per heavy atom. The Bertz CT molecular complexity index is 3510. The summed E-state index contributed by atoms with van der Waals surface area (Å²) < 4.78 is 0. The Morgan fingerprint density at radius 1 is 0.397 bits per heavy atom. The van der Waals surface area contributed by atoms with Crippen molar-refractivity contribution in [3.05, 3.63) is 268 Å². The molecule has 0 amide bonds. The minimum Gasteiger partial charge on any atom is -0.320 e. The quantitative estimate of drug-likeness (QED) is 0.142. The second kappa shape index (κ2) is 16.3. The van der Waals surface area contributed by atoms with Crippen molar-refractivity contribution in [1.29, 1.82) is 5.26 Å². The van der Waals surface area contributed by atoms with Crippen molar-refractivity contribution in [2.24, 2.45) is 0 Å². The molecule has 0 heterocycles. The lowest BCUT2D eigenvalue weighted by Crippen LogP contribution is -2.52. The Labute approximate surface area is 431 Å². The smallest absolute Gasteiger partial charge is 0.230 e. The van der Waals surface area contributed by atoms with Crippen molar-refractivity contribution in [3.8, 4) is 28.3 Å². The van der Waals surface area contributed by atoms with Crippen LogP contribution in [0, 0.1) is 17.9 Å². The number of benzene rings is 9. The molecule has 3 aliphatic rings. The van der Waals surface area contributed by atoms with Gasteiger partial charge in [-0.15, -0.1) is 0 Å². The molecule has 9 aromatic carbocycles. The van der Waals surface area contributed by atoms with Gasteiger partial charge >= 0.3 is 0 Å². The van der Waals surface area contributed by atoms with Gasteiger partial charge in [0.2, 0.25) is 5.69 Å². The summed E-state index contributed by atoms with van der Waals surface area (Å²) in [6.07, 6.45) is 0. The molecule has 0 saturated carbocycles. The fourth-order valence-electron chi connectivity index (χ4n) is 14.7. The zero-order chi connectivity index (χ0) is 50.7. The van der Waals surface area contributed by atoms with Crippen molar-refractivity contribution in [2.45, 2.75) is 82.5 Å². The third kappa shape index (κ3) is 6.05. The van der Waals surface area contributed by atoms with E-state index < -0.39 is 27.1 Å². The van der Waals surface area contributed by atoms with Crippen molar-refractivity contribution in [3.63, 3.8) is 0 Å². The van der Waals surface area contributed by atoms with Gasteiger partial charge in [-0.3, -0.25) is 0 Å². The number of hydrogen-bond donors (Lipinski definition) is 0. The van der Waals surface area contributed by atoms with Crippen LogP contribution in [0.1, 0.15) is 105 Å². The van der Waals surface area contributed by atoms with Crippen LogP contribution in [0.25, 0.3) is 27.1 Å².